The first kappa shape index (κ1) is 15.2. The average Bonchev–Trinajstić information content (AvgIpc) is 2.87. The Bertz CT molecular complexity index is 443. The van der Waals surface area contributed by atoms with Gasteiger partial charge in [0.05, 0.1) is 6.54 Å². The lowest BCUT2D eigenvalue weighted by molar-refractivity contribution is -0.146. The maximum Gasteiger partial charge on any atom is 0.455 e. The Hall–Kier alpha value is -1.15. The fraction of sp³-hybridized carbons (Fsp3) is 0.833. The van der Waals surface area contributed by atoms with Gasteiger partial charge in [-0.05, 0) is 25.8 Å². The van der Waals surface area contributed by atoms with Crippen LogP contribution in [0.3, 0.4) is 0 Å². The maximum absolute atomic E-state index is 12.4. The van der Waals surface area contributed by atoms with Crippen LogP contribution in [0.1, 0.15) is 37.9 Å². The molecule has 1 atom stereocenters. The van der Waals surface area contributed by atoms with Crippen molar-refractivity contribution in [2.75, 3.05) is 19.7 Å². The third kappa shape index (κ3) is 3.29. The summed E-state index contributed by atoms with van der Waals surface area (Å²) in [5.74, 6) is -1.28. The Balaban J connectivity index is 2.01. The van der Waals surface area contributed by atoms with Crippen LogP contribution in [0, 0.1) is 5.41 Å². The van der Waals surface area contributed by atoms with Crippen molar-refractivity contribution >= 4 is 0 Å². The van der Waals surface area contributed by atoms with E-state index in [-0.39, 0.29) is 24.5 Å². The lowest BCUT2D eigenvalue weighted by Gasteiger charge is -2.40. The average molecular weight is 293 g/mol. The van der Waals surface area contributed by atoms with E-state index in [1.54, 1.807) is 0 Å². The molecule has 114 valence electrons. The molecule has 2 heterocycles. The minimum absolute atomic E-state index is 0.0397. The first-order valence-electron chi connectivity index (χ1n) is 6.61. The van der Waals surface area contributed by atoms with Crippen LogP contribution in [0.15, 0.2) is 4.52 Å². The molecule has 0 bridgehead atoms. The second-order valence-electron chi connectivity index (χ2n) is 5.34. The highest BCUT2D eigenvalue weighted by atomic mass is 19.4. The van der Waals surface area contributed by atoms with Gasteiger partial charge in [0.15, 0.2) is 0 Å². The molecule has 1 aromatic rings. The van der Waals surface area contributed by atoms with E-state index in [0.29, 0.717) is 6.54 Å². The SMILES string of the molecule is CC[C@@]1(CO)CCCN(Cc2nc(C(F)(F)F)no2)C1. The van der Waals surface area contributed by atoms with Crippen LogP contribution in [-0.2, 0) is 12.7 Å². The number of aliphatic hydroxyl groups excluding tert-OH is 1. The maximum atomic E-state index is 12.4. The fourth-order valence-corrected chi connectivity index (χ4v) is 2.60. The van der Waals surface area contributed by atoms with Gasteiger partial charge in [-0.1, -0.05) is 12.1 Å². The van der Waals surface area contributed by atoms with Gasteiger partial charge in [0, 0.05) is 18.6 Å². The molecule has 1 fully saturated rings. The van der Waals surface area contributed by atoms with E-state index in [4.69, 9.17) is 0 Å². The first-order valence-corrected chi connectivity index (χ1v) is 6.61. The number of hydrogen-bond acceptors (Lipinski definition) is 5. The Morgan fingerprint density at radius 1 is 1.45 bits per heavy atom. The summed E-state index contributed by atoms with van der Waals surface area (Å²) in [6, 6.07) is 0. The number of aromatic nitrogens is 2. The number of aliphatic hydroxyl groups is 1. The van der Waals surface area contributed by atoms with Gasteiger partial charge in [0.25, 0.3) is 5.82 Å². The van der Waals surface area contributed by atoms with Gasteiger partial charge < -0.3 is 9.63 Å². The number of piperidine rings is 1. The number of halogens is 3. The summed E-state index contributed by atoms with van der Waals surface area (Å²) in [5.41, 5.74) is -0.175. The minimum atomic E-state index is -4.58. The molecule has 2 rings (SSSR count). The lowest BCUT2D eigenvalue weighted by atomic mass is 9.78. The van der Waals surface area contributed by atoms with Crippen molar-refractivity contribution < 1.29 is 22.8 Å². The molecule has 0 amide bonds. The predicted molar refractivity (Wildman–Crippen MR) is 63.6 cm³/mol. The normalized spacial score (nSPS) is 25.1. The summed E-state index contributed by atoms with van der Waals surface area (Å²) < 4.78 is 41.8. The minimum Gasteiger partial charge on any atom is -0.396 e. The van der Waals surface area contributed by atoms with Gasteiger partial charge >= 0.3 is 6.18 Å². The second-order valence-corrected chi connectivity index (χ2v) is 5.34. The van der Waals surface area contributed by atoms with Gasteiger partial charge in [-0.2, -0.15) is 18.2 Å². The Kier molecular flexibility index (Phi) is 4.33. The molecular formula is C12H18F3N3O2. The highest BCUT2D eigenvalue weighted by Gasteiger charge is 2.38. The smallest absolute Gasteiger partial charge is 0.396 e. The molecule has 5 nitrogen and oxygen atoms in total. The van der Waals surface area contributed by atoms with Crippen LogP contribution in [-0.4, -0.2) is 39.8 Å². The molecule has 1 saturated heterocycles. The quantitative estimate of drug-likeness (QED) is 0.921. The summed E-state index contributed by atoms with van der Waals surface area (Å²) >= 11 is 0. The van der Waals surface area contributed by atoms with Gasteiger partial charge in [0.2, 0.25) is 5.89 Å². The van der Waals surface area contributed by atoms with Gasteiger partial charge in [-0.3, -0.25) is 4.90 Å². The van der Waals surface area contributed by atoms with Crippen molar-refractivity contribution in [3.8, 4) is 0 Å². The monoisotopic (exact) mass is 293 g/mol. The number of likely N-dealkylation sites (tertiary alicyclic amines) is 1. The summed E-state index contributed by atoms with van der Waals surface area (Å²) in [7, 11) is 0. The van der Waals surface area contributed by atoms with Gasteiger partial charge in [0.1, 0.15) is 0 Å². The predicted octanol–water partition coefficient (Wildman–Crippen LogP) is 2.07. The number of hydrogen-bond donors (Lipinski definition) is 1. The largest absolute Gasteiger partial charge is 0.455 e. The van der Waals surface area contributed by atoms with Crippen molar-refractivity contribution in [3.05, 3.63) is 11.7 Å². The Labute approximate surface area is 114 Å². The molecule has 1 aliphatic rings. The van der Waals surface area contributed by atoms with E-state index < -0.39 is 12.0 Å². The van der Waals surface area contributed by atoms with Gasteiger partial charge in [-0.25, -0.2) is 0 Å². The Morgan fingerprint density at radius 2 is 2.20 bits per heavy atom. The molecule has 1 aliphatic heterocycles. The number of alkyl halides is 3. The van der Waals surface area contributed by atoms with E-state index in [9.17, 15) is 18.3 Å². The van der Waals surface area contributed by atoms with E-state index in [2.05, 4.69) is 14.7 Å². The van der Waals surface area contributed by atoms with Gasteiger partial charge in [-0.15, -0.1) is 0 Å². The summed E-state index contributed by atoms with van der Waals surface area (Å²) in [6.45, 7) is 3.66. The van der Waals surface area contributed by atoms with Crippen LogP contribution in [0.5, 0.6) is 0 Å². The van der Waals surface area contributed by atoms with Crippen LogP contribution >= 0.6 is 0 Å². The molecule has 1 N–H and O–H groups in total. The topological polar surface area (TPSA) is 62.4 Å². The standard InChI is InChI=1S/C12H18F3N3O2/c1-2-11(8-19)4-3-5-18(7-11)6-9-16-10(17-20-9)12(13,14)15/h19H,2-8H2,1H3/t11-/m1/s1. The fourth-order valence-electron chi connectivity index (χ4n) is 2.60. The lowest BCUT2D eigenvalue weighted by Crippen LogP contribution is -2.44. The van der Waals surface area contributed by atoms with Crippen molar-refractivity contribution in [1.82, 2.24) is 15.0 Å². The van der Waals surface area contributed by atoms with Crippen molar-refractivity contribution in [3.63, 3.8) is 0 Å². The zero-order valence-corrected chi connectivity index (χ0v) is 11.3. The zero-order valence-electron chi connectivity index (χ0n) is 11.3. The second kappa shape index (κ2) is 5.69. The molecule has 0 unspecified atom stereocenters. The highest BCUT2D eigenvalue weighted by molar-refractivity contribution is 4.93. The molecule has 1 aromatic heterocycles. The van der Waals surface area contributed by atoms with Crippen molar-refractivity contribution in [2.45, 2.75) is 38.9 Å². The molecular weight excluding hydrogens is 275 g/mol. The molecule has 8 heteroatoms. The van der Waals surface area contributed by atoms with E-state index in [0.717, 1.165) is 25.8 Å². The molecule has 0 spiro atoms. The zero-order chi connectivity index (χ0) is 14.8. The first-order chi connectivity index (χ1) is 9.38. The summed E-state index contributed by atoms with van der Waals surface area (Å²) in [5, 5.41) is 12.5. The molecule has 20 heavy (non-hydrogen) atoms. The van der Waals surface area contributed by atoms with Crippen LogP contribution in [0.4, 0.5) is 13.2 Å². The van der Waals surface area contributed by atoms with Crippen molar-refractivity contribution in [2.24, 2.45) is 5.41 Å². The highest BCUT2D eigenvalue weighted by Crippen LogP contribution is 2.33. The summed E-state index contributed by atoms with van der Waals surface area (Å²) in [6.07, 6.45) is -1.93. The molecule has 0 saturated carbocycles. The van der Waals surface area contributed by atoms with E-state index >= 15 is 0 Å². The molecule has 0 aromatic carbocycles. The Morgan fingerprint density at radius 3 is 2.75 bits per heavy atom. The third-order valence-corrected chi connectivity index (χ3v) is 3.91. The molecule has 0 aliphatic carbocycles. The van der Waals surface area contributed by atoms with Crippen LogP contribution in [0.25, 0.3) is 0 Å². The third-order valence-electron chi connectivity index (χ3n) is 3.91. The van der Waals surface area contributed by atoms with E-state index in [1.807, 2.05) is 11.8 Å². The summed E-state index contributed by atoms with van der Waals surface area (Å²) in [4.78, 5) is 5.32. The van der Waals surface area contributed by atoms with Crippen molar-refractivity contribution in [1.29, 1.82) is 0 Å². The number of rotatable bonds is 4. The van der Waals surface area contributed by atoms with Crippen LogP contribution < -0.4 is 0 Å². The molecule has 0 radical (unpaired) electrons. The van der Waals surface area contributed by atoms with E-state index in [1.165, 1.54) is 0 Å². The van der Waals surface area contributed by atoms with Crippen LogP contribution in [0.2, 0.25) is 0 Å². The number of nitrogens with zero attached hydrogens (tertiary/aromatic N) is 3.